The first kappa shape index (κ1) is 15.6. The van der Waals surface area contributed by atoms with Crippen molar-refractivity contribution in [3.8, 4) is 0 Å². The van der Waals surface area contributed by atoms with Crippen LogP contribution in [0.4, 0.5) is 0 Å². The van der Waals surface area contributed by atoms with Crippen LogP contribution < -0.4 is 0 Å². The van der Waals surface area contributed by atoms with Gasteiger partial charge in [0.25, 0.3) is 0 Å². The molecule has 116 valence electrons. The fourth-order valence-electron chi connectivity index (χ4n) is 4.17. The highest BCUT2D eigenvalue weighted by Crippen LogP contribution is 2.45. The Morgan fingerprint density at radius 3 is 2.32 bits per heavy atom. The van der Waals surface area contributed by atoms with Gasteiger partial charge in [0.1, 0.15) is 0 Å². The van der Waals surface area contributed by atoms with Crippen molar-refractivity contribution in [3.05, 3.63) is 71.3 Å². The van der Waals surface area contributed by atoms with Crippen molar-refractivity contribution in [1.82, 2.24) is 4.90 Å². The van der Waals surface area contributed by atoms with Crippen LogP contribution in [0.25, 0.3) is 0 Å². The second kappa shape index (κ2) is 6.85. The van der Waals surface area contributed by atoms with Crippen molar-refractivity contribution in [1.29, 1.82) is 0 Å². The Labute approximate surface area is 139 Å². The molecule has 0 saturated carbocycles. The third-order valence-electron chi connectivity index (χ3n) is 5.28. The van der Waals surface area contributed by atoms with E-state index in [0.717, 1.165) is 11.8 Å². The quantitative estimate of drug-likeness (QED) is 0.798. The summed E-state index contributed by atoms with van der Waals surface area (Å²) in [4.78, 5) is 2.69. The molecule has 0 amide bonds. The molecule has 4 rings (SSSR count). The number of benzene rings is 2. The van der Waals surface area contributed by atoms with Crippen LogP contribution in [-0.2, 0) is 6.42 Å². The Morgan fingerprint density at radius 2 is 1.55 bits per heavy atom. The average Bonchev–Trinajstić information content (AvgIpc) is 2.74. The molecule has 22 heavy (non-hydrogen) atoms. The first-order chi connectivity index (χ1) is 10.4. The summed E-state index contributed by atoms with van der Waals surface area (Å²) in [6.07, 6.45) is 3.89. The number of hydrogen-bond donors (Lipinski definition) is 0. The number of likely N-dealkylation sites (tertiary alicyclic amines) is 1. The standard InChI is InChI=1S/C20H23N.ClH/c1-2-6-16(7-3-1)10-12-21-13-11-17-14-18(15-21)20-9-5-4-8-19(17)20;/h1-9,17-18H,10-15H2;1H. The number of halogens is 1. The van der Waals surface area contributed by atoms with Crippen LogP contribution >= 0.6 is 12.4 Å². The van der Waals surface area contributed by atoms with Gasteiger partial charge in [-0.3, -0.25) is 0 Å². The molecule has 2 atom stereocenters. The van der Waals surface area contributed by atoms with Gasteiger partial charge in [0, 0.05) is 13.1 Å². The van der Waals surface area contributed by atoms with Crippen LogP contribution in [0, 0.1) is 0 Å². The molecular formula is C20H24ClN. The SMILES string of the molecule is Cl.c1ccc(CCN2CCC3CC(C2)c2ccccc23)cc1. The van der Waals surface area contributed by atoms with E-state index in [1.54, 1.807) is 11.1 Å². The highest BCUT2D eigenvalue weighted by atomic mass is 35.5. The minimum atomic E-state index is 0. The molecular weight excluding hydrogens is 290 g/mol. The molecule has 0 spiro atoms. The van der Waals surface area contributed by atoms with Gasteiger partial charge >= 0.3 is 0 Å². The van der Waals surface area contributed by atoms with Crippen molar-refractivity contribution in [2.75, 3.05) is 19.6 Å². The van der Waals surface area contributed by atoms with Gasteiger partial charge in [-0.25, -0.2) is 0 Å². The summed E-state index contributed by atoms with van der Waals surface area (Å²) in [6, 6.07) is 20.0. The van der Waals surface area contributed by atoms with Crippen LogP contribution in [0.5, 0.6) is 0 Å². The van der Waals surface area contributed by atoms with Crippen LogP contribution in [0.3, 0.4) is 0 Å². The fraction of sp³-hybridized carbons (Fsp3) is 0.400. The predicted octanol–water partition coefficient (Wildman–Crippen LogP) is 4.63. The predicted molar refractivity (Wildman–Crippen MR) is 95.0 cm³/mol. The van der Waals surface area contributed by atoms with Gasteiger partial charge in [-0.1, -0.05) is 54.6 Å². The summed E-state index contributed by atoms with van der Waals surface area (Å²) in [5, 5.41) is 0. The molecule has 1 heterocycles. The Kier molecular flexibility index (Phi) is 4.85. The molecule has 1 saturated heterocycles. The van der Waals surface area contributed by atoms with E-state index in [4.69, 9.17) is 0 Å². The highest BCUT2D eigenvalue weighted by molar-refractivity contribution is 5.85. The maximum absolute atomic E-state index is 2.69. The molecule has 2 unspecified atom stereocenters. The molecule has 0 N–H and O–H groups in total. The van der Waals surface area contributed by atoms with E-state index in [2.05, 4.69) is 59.5 Å². The summed E-state index contributed by atoms with van der Waals surface area (Å²) < 4.78 is 0. The van der Waals surface area contributed by atoms with E-state index in [0.29, 0.717) is 0 Å². The van der Waals surface area contributed by atoms with E-state index >= 15 is 0 Å². The highest BCUT2D eigenvalue weighted by Gasteiger charge is 2.34. The van der Waals surface area contributed by atoms with Gasteiger partial charge in [-0.15, -0.1) is 12.4 Å². The maximum atomic E-state index is 2.69. The topological polar surface area (TPSA) is 3.24 Å². The summed E-state index contributed by atoms with van der Waals surface area (Å²) in [5.41, 5.74) is 4.74. The number of nitrogens with zero attached hydrogens (tertiary/aromatic N) is 1. The molecule has 1 aliphatic heterocycles. The first-order valence-corrected chi connectivity index (χ1v) is 8.25. The number of hydrogen-bond acceptors (Lipinski definition) is 1. The fourth-order valence-corrected chi connectivity index (χ4v) is 4.17. The lowest BCUT2D eigenvalue weighted by Gasteiger charge is -2.25. The van der Waals surface area contributed by atoms with Crippen molar-refractivity contribution >= 4 is 12.4 Å². The lowest BCUT2D eigenvalue weighted by atomic mass is 9.97. The molecule has 2 aromatic carbocycles. The van der Waals surface area contributed by atoms with E-state index in [-0.39, 0.29) is 12.4 Å². The maximum Gasteiger partial charge on any atom is 0.00507 e. The second-order valence-corrected chi connectivity index (χ2v) is 6.58. The van der Waals surface area contributed by atoms with Crippen molar-refractivity contribution in [2.45, 2.75) is 31.1 Å². The summed E-state index contributed by atoms with van der Waals surface area (Å²) >= 11 is 0. The molecule has 0 aromatic heterocycles. The van der Waals surface area contributed by atoms with E-state index in [1.807, 2.05) is 0 Å². The monoisotopic (exact) mass is 313 g/mol. The normalized spacial score (nSPS) is 23.5. The smallest absolute Gasteiger partial charge is 0.00507 e. The third-order valence-corrected chi connectivity index (χ3v) is 5.28. The zero-order chi connectivity index (χ0) is 14.1. The van der Waals surface area contributed by atoms with Crippen LogP contribution in [0.15, 0.2) is 54.6 Å². The molecule has 2 aliphatic rings. The van der Waals surface area contributed by atoms with Crippen LogP contribution in [0.1, 0.15) is 41.4 Å². The Bertz CT molecular complexity index is 610. The number of fused-ring (bicyclic) bond motifs is 5. The van der Waals surface area contributed by atoms with Gasteiger partial charge in [-0.05, 0) is 54.3 Å². The minimum absolute atomic E-state index is 0. The van der Waals surface area contributed by atoms with E-state index in [9.17, 15) is 0 Å². The molecule has 1 nitrogen and oxygen atoms in total. The molecule has 2 heteroatoms. The lowest BCUT2D eigenvalue weighted by molar-refractivity contribution is 0.273. The van der Waals surface area contributed by atoms with Crippen molar-refractivity contribution in [3.63, 3.8) is 0 Å². The lowest BCUT2D eigenvalue weighted by Crippen LogP contribution is -2.30. The zero-order valence-electron chi connectivity index (χ0n) is 12.9. The molecule has 0 radical (unpaired) electrons. The zero-order valence-corrected chi connectivity index (χ0v) is 13.8. The van der Waals surface area contributed by atoms with Gasteiger partial charge in [-0.2, -0.15) is 0 Å². The first-order valence-electron chi connectivity index (χ1n) is 8.25. The van der Waals surface area contributed by atoms with Crippen molar-refractivity contribution in [2.24, 2.45) is 0 Å². The molecule has 2 aromatic rings. The van der Waals surface area contributed by atoms with E-state index in [1.165, 1.54) is 44.5 Å². The van der Waals surface area contributed by atoms with Gasteiger partial charge in [0.05, 0.1) is 0 Å². The Hall–Kier alpha value is -1.31. The van der Waals surface area contributed by atoms with Crippen molar-refractivity contribution < 1.29 is 0 Å². The Morgan fingerprint density at radius 1 is 0.864 bits per heavy atom. The average molecular weight is 314 g/mol. The van der Waals surface area contributed by atoms with Gasteiger partial charge in [0.2, 0.25) is 0 Å². The van der Waals surface area contributed by atoms with Crippen LogP contribution in [0.2, 0.25) is 0 Å². The van der Waals surface area contributed by atoms with E-state index < -0.39 is 0 Å². The number of rotatable bonds is 3. The molecule has 1 fully saturated rings. The summed E-state index contributed by atoms with van der Waals surface area (Å²) in [5.74, 6) is 1.58. The van der Waals surface area contributed by atoms with Gasteiger partial charge in [0.15, 0.2) is 0 Å². The Balaban J connectivity index is 0.00000144. The largest absolute Gasteiger partial charge is 0.302 e. The van der Waals surface area contributed by atoms with Crippen LogP contribution in [-0.4, -0.2) is 24.5 Å². The molecule has 2 bridgehead atoms. The summed E-state index contributed by atoms with van der Waals surface area (Å²) in [6.45, 7) is 3.72. The minimum Gasteiger partial charge on any atom is -0.302 e. The molecule has 1 aliphatic carbocycles. The summed E-state index contributed by atoms with van der Waals surface area (Å²) in [7, 11) is 0. The third kappa shape index (κ3) is 3.06. The second-order valence-electron chi connectivity index (χ2n) is 6.58. The van der Waals surface area contributed by atoms with Gasteiger partial charge < -0.3 is 4.90 Å².